The molecule has 5 heteroatoms. The molecule has 0 saturated carbocycles. The van der Waals surface area contributed by atoms with Gasteiger partial charge in [-0.2, -0.15) is 0 Å². The molecule has 0 radical (unpaired) electrons. The molecule has 27 heavy (non-hydrogen) atoms. The minimum atomic E-state index is 0.417. The van der Waals surface area contributed by atoms with Gasteiger partial charge in [-0.05, 0) is 54.8 Å². The second-order valence-corrected chi connectivity index (χ2v) is 6.71. The first-order valence-electron chi connectivity index (χ1n) is 8.53. The minimum absolute atomic E-state index is 0.417. The Kier molecular flexibility index (Phi) is 4.57. The van der Waals surface area contributed by atoms with Crippen molar-refractivity contribution in [3.63, 3.8) is 0 Å². The van der Waals surface area contributed by atoms with Gasteiger partial charge in [-0.15, -0.1) is 0 Å². The average Bonchev–Trinajstić information content (AvgIpc) is 2.68. The number of benzene rings is 2. The van der Waals surface area contributed by atoms with Gasteiger partial charge in [-0.25, -0.2) is 9.98 Å². The summed E-state index contributed by atoms with van der Waals surface area (Å²) in [7, 11) is 0. The monoisotopic (exact) mass is 372 g/mol. The normalized spacial score (nSPS) is 11.7. The molecule has 2 heterocycles. The third kappa shape index (κ3) is 3.66. The number of pyridine rings is 2. The summed E-state index contributed by atoms with van der Waals surface area (Å²) in [6, 6.07) is 21.2. The molecule has 132 valence electrons. The van der Waals surface area contributed by atoms with Crippen molar-refractivity contribution in [1.82, 2.24) is 9.97 Å². The Morgan fingerprint density at radius 3 is 2.63 bits per heavy atom. The molecule has 0 amide bonds. The Balaban J connectivity index is 1.92. The van der Waals surface area contributed by atoms with Crippen LogP contribution in [-0.2, 0) is 0 Å². The first-order chi connectivity index (χ1) is 13.1. The molecule has 2 aromatic heterocycles. The van der Waals surface area contributed by atoms with Gasteiger partial charge in [-0.1, -0.05) is 41.4 Å². The lowest BCUT2D eigenvalue weighted by atomic mass is 10.1. The molecule has 4 rings (SSSR count). The molecule has 2 aromatic carbocycles. The van der Waals surface area contributed by atoms with Crippen LogP contribution in [0.1, 0.15) is 11.1 Å². The van der Waals surface area contributed by atoms with Crippen molar-refractivity contribution < 1.29 is 0 Å². The summed E-state index contributed by atoms with van der Waals surface area (Å²) in [6.07, 6.45) is 1.74. The third-order valence-corrected chi connectivity index (χ3v) is 4.48. The molecule has 0 bridgehead atoms. The van der Waals surface area contributed by atoms with E-state index in [4.69, 9.17) is 22.3 Å². The van der Waals surface area contributed by atoms with E-state index in [1.165, 1.54) is 0 Å². The maximum absolute atomic E-state index is 6.27. The van der Waals surface area contributed by atoms with Gasteiger partial charge in [0.2, 0.25) is 0 Å². The van der Waals surface area contributed by atoms with Gasteiger partial charge < -0.3 is 5.73 Å². The lowest BCUT2D eigenvalue weighted by molar-refractivity contribution is 1.24. The van der Waals surface area contributed by atoms with E-state index in [0.29, 0.717) is 16.7 Å². The molecule has 0 aliphatic carbocycles. The predicted molar refractivity (Wildman–Crippen MR) is 112 cm³/mol. The van der Waals surface area contributed by atoms with E-state index in [1.54, 1.807) is 6.20 Å². The van der Waals surface area contributed by atoms with Crippen LogP contribution in [0.5, 0.6) is 0 Å². The molecular formula is C22H17ClN4. The Morgan fingerprint density at radius 2 is 1.85 bits per heavy atom. The van der Waals surface area contributed by atoms with E-state index in [9.17, 15) is 0 Å². The smallest absolute Gasteiger partial charge is 0.162 e. The predicted octanol–water partition coefficient (Wildman–Crippen LogP) is 5.30. The standard InChI is InChI=1S/C22H17ClN4/c1-14-5-4-6-15(11-14)21(24)27-22-18-9-8-17(23)12-16(18)13-20(26-22)19-7-2-3-10-25-19/h2-13H,1H3,(H2,24,26,27). The maximum atomic E-state index is 6.27. The van der Waals surface area contributed by atoms with Crippen LogP contribution in [0.4, 0.5) is 5.82 Å². The molecular weight excluding hydrogens is 356 g/mol. The molecule has 0 unspecified atom stereocenters. The van der Waals surface area contributed by atoms with Gasteiger partial charge >= 0.3 is 0 Å². The molecule has 4 aromatic rings. The highest BCUT2D eigenvalue weighted by Gasteiger charge is 2.10. The third-order valence-electron chi connectivity index (χ3n) is 4.24. The van der Waals surface area contributed by atoms with Crippen molar-refractivity contribution in [1.29, 1.82) is 0 Å². The molecule has 0 aliphatic heterocycles. The van der Waals surface area contributed by atoms with E-state index in [1.807, 2.05) is 73.7 Å². The van der Waals surface area contributed by atoms with E-state index < -0.39 is 0 Å². The number of nitrogens with two attached hydrogens (primary N) is 1. The fourth-order valence-corrected chi connectivity index (χ4v) is 3.10. The SMILES string of the molecule is Cc1cccc(C(N)=Nc2nc(-c3ccccn3)cc3cc(Cl)ccc23)c1. The van der Waals surface area contributed by atoms with Gasteiger partial charge in [0.15, 0.2) is 5.82 Å². The molecule has 4 nitrogen and oxygen atoms in total. The van der Waals surface area contributed by atoms with Crippen LogP contribution in [0.25, 0.3) is 22.2 Å². The zero-order valence-corrected chi connectivity index (χ0v) is 15.5. The second kappa shape index (κ2) is 7.17. The number of aliphatic imine (C=N–C) groups is 1. The van der Waals surface area contributed by atoms with Gasteiger partial charge in [0.1, 0.15) is 5.84 Å². The number of fused-ring (bicyclic) bond motifs is 1. The summed E-state index contributed by atoms with van der Waals surface area (Å²) in [5.74, 6) is 0.962. The summed E-state index contributed by atoms with van der Waals surface area (Å²) >= 11 is 6.19. The van der Waals surface area contributed by atoms with Gasteiger partial charge in [0.05, 0.1) is 11.4 Å². The largest absolute Gasteiger partial charge is 0.383 e. The summed E-state index contributed by atoms with van der Waals surface area (Å²) in [5.41, 5.74) is 9.75. The lowest BCUT2D eigenvalue weighted by Gasteiger charge is -2.08. The quantitative estimate of drug-likeness (QED) is 0.392. The summed E-state index contributed by atoms with van der Waals surface area (Å²) in [5, 5.41) is 2.48. The fraction of sp³-hybridized carbons (Fsp3) is 0.0455. The van der Waals surface area contributed by atoms with Crippen molar-refractivity contribution in [3.8, 4) is 11.4 Å². The minimum Gasteiger partial charge on any atom is -0.383 e. The zero-order chi connectivity index (χ0) is 18.8. The van der Waals surface area contributed by atoms with E-state index in [2.05, 4.69) is 9.98 Å². The lowest BCUT2D eigenvalue weighted by Crippen LogP contribution is -2.13. The number of rotatable bonds is 3. The summed E-state index contributed by atoms with van der Waals surface area (Å²) < 4.78 is 0. The van der Waals surface area contributed by atoms with Crippen molar-refractivity contribution in [2.75, 3.05) is 0 Å². The van der Waals surface area contributed by atoms with Crippen LogP contribution in [0.2, 0.25) is 5.02 Å². The molecule has 0 spiro atoms. The van der Waals surface area contributed by atoms with Crippen molar-refractivity contribution in [3.05, 3.63) is 89.1 Å². The molecule has 0 saturated heterocycles. The van der Waals surface area contributed by atoms with E-state index >= 15 is 0 Å². The van der Waals surface area contributed by atoms with Gasteiger partial charge in [0, 0.05) is 22.2 Å². The Morgan fingerprint density at radius 1 is 0.963 bits per heavy atom. The number of hydrogen-bond acceptors (Lipinski definition) is 3. The zero-order valence-electron chi connectivity index (χ0n) is 14.7. The van der Waals surface area contributed by atoms with Gasteiger partial charge in [-0.3, -0.25) is 4.98 Å². The highest BCUT2D eigenvalue weighted by Crippen LogP contribution is 2.31. The number of aromatic nitrogens is 2. The highest BCUT2D eigenvalue weighted by atomic mass is 35.5. The number of aryl methyl sites for hydroxylation is 1. The average molecular weight is 373 g/mol. The number of nitrogens with zero attached hydrogens (tertiary/aromatic N) is 3. The van der Waals surface area contributed by atoms with Crippen LogP contribution in [0, 0.1) is 6.92 Å². The number of hydrogen-bond donors (Lipinski definition) is 1. The Hall–Kier alpha value is -3.24. The number of halogens is 1. The first-order valence-corrected chi connectivity index (χ1v) is 8.91. The highest BCUT2D eigenvalue weighted by molar-refractivity contribution is 6.31. The molecule has 2 N–H and O–H groups in total. The summed E-state index contributed by atoms with van der Waals surface area (Å²) in [4.78, 5) is 13.7. The second-order valence-electron chi connectivity index (χ2n) is 6.28. The topological polar surface area (TPSA) is 64.2 Å². The molecule has 0 aliphatic rings. The van der Waals surface area contributed by atoms with Crippen LogP contribution >= 0.6 is 11.6 Å². The van der Waals surface area contributed by atoms with E-state index in [0.717, 1.165) is 33.3 Å². The van der Waals surface area contributed by atoms with Crippen LogP contribution in [-0.4, -0.2) is 15.8 Å². The maximum Gasteiger partial charge on any atom is 0.162 e. The van der Waals surface area contributed by atoms with Crippen LogP contribution in [0.3, 0.4) is 0 Å². The van der Waals surface area contributed by atoms with Crippen molar-refractivity contribution in [2.24, 2.45) is 10.7 Å². The van der Waals surface area contributed by atoms with Crippen molar-refractivity contribution in [2.45, 2.75) is 6.92 Å². The molecule has 0 fully saturated rings. The van der Waals surface area contributed by atoms with Crippen molar-refractivity contribution >= 4 is 34.0 Å². The molecule has 0 atom stereocenters. The Bertz CT molecular complexity index is 1150. The fourth-order valence-electron chi connectivity index (χ4n) is 2.92. The first kappa shape index (κ1) is 17.2. The van der Waals surface area contributed by atoms with Crippen LogP contribution < -0.4 is 5.73 Å². The van der Waals surface area contributed by atoms with E-state index in [-0.39, 0.29) is 0 Å². The van der Waals surface area contributed by atoms with Gasteiger partial charge in [0.25, 0.3) is 0 Å². The summed E-state index contributed by atoms with van der Waals surface area (Å²) in [6.45, 7) is 2.02. The Labute approximate surface area is 162 Å². The van der Waals surface area contributed by atoms with Crippen LogP contribution in [0.15, 0.2) is 77.9 Å². The number of amidine groups is 1.